The van der Waals surface area contributed by atoms with Gasteiger partial charge in [-0.3, -0.25) is 4.98 Å². The van der Waals surface area contributed by atoms with Crippen LogP contribution in [0, 0.1) is 0 Å². The zero-order valence-electron chi connectivity index (χ0n) is 9.26. The first kappa shape index (κ1) is 12.1. The molecule has 0 aliphatic carbocycles. The Morgan fingerprint density at radius 2 is 2.07 bits per heavy atom. The molecule has 1 aromatic heterocycles. The Balaban J connectivity index is 2.25. The number of nitrogens with zero attached hydrogens (tertiary/aromatic N) is 2. The van der Waals surface area contributed by atoms with Crippen LogP contribution < -0.4 is 11.5 Å². The minimum absolute atomic E-state index is 0.0763. The van der Waals surface area contributed by atoms with Crippen molar-refractivity contribution in [2.45, 2.75) is 12.5 Å². The monoisotopic (exact) mass is 208 g/mol. The van der Waals surface area contributed by atoms with Gasteiger partial charge in [0, 0.05) is 38.1 Å². The third-order valence-electron chi connectivity index (χ3n) is 2.38. The summed E-state index contributed by atoms with van der Waals surface area (Å²) in [6.45, 7) is 2.39. The van der Waals surface area contributed by atoms with Gasteiger partial charge in [-0.1, -0.05) is 0 Å². The van der Waals surface area contributed by atoms with Gasteiger partial charge in [-0.15, -0.1) is 0 Å². The molecule has 0 spiro atoms. The Labute approximate surface area is 91.3 Å². The van der Waals surface area contributed by atoms with Crippen molar-refractivity contribution < 1.29 is 0 Å². The van der Waals surface area contributed by atoms with Crippen LogP contribution >= 0.6 is 0 Å². The van der Waals surface area contributed by atoms with E-state index < -0.39 is 0 Å². The third kappa shape index (κ3) is 4.88. The van der Waals surface area contributed by atoms with Crippen molar-refractivity contribution in [1.29, 1.82) is 0 Å². The van der Waals surface area contributed by atoms with E-state index in [4.69, 9.17) is 11.5 Å². The number of hydrogen-bond acceptors (Lipinski definition) is 4. The second-order valence-corrected chi connectivity index (χ2v) is 3.86. The fourth-order valence-corrected chi connectivity index (χ4v) is 1.44. The van der Waals surface area contributed by atoms with Gasteiger partial charge in [0.05, 0.1) is 0 Å². The van der Waals surface area contributed by atoms with Gasteiger partial charge in [0.1, 0.15) is 0 Å². The maximum atomic E-state index is 5.77. The van der Waals surface area contributed by atoms with Crippen molar-refractivity contribution in [2.75, 3.05) is 26.7 Å². The van der Waals surface area contributed by atoms with Gasteiger partial charge in [-0.2, -0.15) is 0 Å². The lowest BCUT2D eigenvalue weighted by Gasteiger charge is -2.20. The zero-order chi connectivity index (χ0) is 11.1. The Morgan fingerprint density at radius 3 is 2.67 bits per heavy atom. The number of hydrogen-bond donors (Lipinski definition) is 2. The van der Waals surface area contributed by atoms with Gasteiger partial charge in [0.2, 0.25) is 0 Å². The number of nitrogens with two attached hydrogens (primary N) is 2. The second-order valence-electron chi connectivity index (χ2n) is 3.86. The predicted molar refractivity (Wildman–Crippen MR) is 62.5 cm³/mol. The van der Waals surface area contributed by atoms with E-state index in [0.29, 0.717) is 6.54 Å². The van der Waals surface area contributed by atoms with Crippen LogP contribution in [0.1, 0.15) is 5.56 Å². The van der Waals surface area contributed by atoms with E-state index >= 15 is 0 Å². The highest BCUT2D eigenvalue weighted by Crippen LogP contribution is 1.98. The lowest BCUT2D eigenvalue weighted by atomic mass is 10.2. The van der Waals surface area contributed by atoms with E-state index in [1.807, 2.05) is 24.5 Å². The van der Waals surface area contributed by atoms with E-state index in [9.17, 15) is 0 Å². The van der Waals surface area contributed by atoms with E-state index in [2.05, 4.69) is 16.9 Å². The molecule has 0 bridgehead atoms. The van der Waals surface area contributed by atoms with E-state index in [1.54, 1.807) is 0 Å². The van der Waals surface area contributed by atoms with Gasteiger partial charge in [-0.05, 0) is 31.2 Å². The van der Waals surface area contributed by atoms with Gasteiger partial charge < -0.3 is 16.4 Å². The lowest BCUT2D eigenvalue weighted by molar-refractivity contribution is 0.316. The van der Waals surface area contributed by atoms with Gasteiger partial charge in [-0.25, -0.2) is 0 Å². The quantitative estimate of drug-likeness (QED) is 0.682. The average molecular weight is 208 g/mol. The lowest BCUT2D eigenvalue weighted by Crippen LogP contribution is -2.41. The first-order valence-corrected chi connectivity index (χ1v) is 5.25. The molecule has 4 N–H and O–H groups in total. The van der Waals surface area contributed by atoms with Crippen LogP contribution in [-0.2, 0) is 6.42 Å². The van der Waals surface area contributed by atoms with Crippen LogP contribution in [0.3, 0.4) is 0 Å². The molecule has 1 atom stereocenters. The maximum Gasteiger partial charge on any atom is 0.0292 e. The summed E-state index contributed by atoms with van der Waals surface area (Å²) in [6, 6.07) is 4.15. The zero-order valence-corrected chi connectivity index (χ0v) is 9.26. The predicted octanol–water partition coefficient (Wildman–Crippen LogP) is -0.158. The van der Waals surface area contributed by atoms with Crippen LogP contribution in [0.15, 0.2) is 24.5 Å². The van der Waals surface area contributed by atoms with Crippen molar-refractivity contribution in [2.24, 2.45) is 11.5 Å². The summed E-state index contributed by atoms with van der Waals surface area (Å²) in [5, 5.41) is 0. The first-order valence-electron chi connectivity index (χ1n) is 5.25. The van der Waals surface area contributed by atoms with Crippen molar-refractivity contribution in [3.8, 4) is 0 Å². The van der Waals surface area contributed by atoms with Crippen LogP contribution in [0.5, 0.6) is 0 Å². The molecule has 4 heteroatoms. The Bertz CT molecular complexity index is 263. The Kier molecular flexibility index (Phi) is 5.25. The highest BCUT2D eigenvalue weighted by Gasteiger charge is 2.04. The number of likely N-dealkylation sites (N-methyl/N-ethyl adjacent to an activating group) is 1. The van der Waals surface area contributed by atoms with Gasteiger partial charge in [0.15, 0.2) is 0 Å². The molecule has 4 nitrogen and oxygen atoms in total. The maximum absolute atomic E-state index is 5.77. The summed E-state index contributed by atoms with van der Waals surface area (Å²) >= 11 is 0. The average Bonchev–Trinajstić information content (AvgIpc) is 2.27. The van der Waals surface area contributed by atoms with Gasteiger partial charge >= 0.3 is 0 Å². The normalized spacial score (nSPS) is 13.1. The smallest absolute Gasteiger partial charge is 0.0292 e. The molecule has 1 heterocycles. The Morgan fingerprint density at radius 1 is 1.40 bits per heavy atom. The molecule has 0 aromatic carbocycles. The van der Waals surface area contributed by atoms with Gasteiger partial charge in [0.25, 0.3) is 0 Å². The minimum Gasteiger partial charge on any atom is -0.329 e. The van der Waals surface area contributed by atoms with Crippen LogP contribution in [0.25, 0.3) is 0 Å². The molecule has 1 rings (SSSR count). The highest BCUT2D eigenvalue weighted by atomic mass is 15.1. The molecule has 0 aliphatic heterocycles. The number of pyridine rings is 1. The molecule has 0 saturated carbocycles. The molecule has 0 radical (unpaired) electrons. The summed E-state index contributed by atoms with van der Waals surface area (Å²) in [5.41, 5.74) is 12.5. The van der Waals surface area contributed by atoms with Crippen LogP contribution in [0.2, 0.25) is 0 Å². The largest absolute Gasteiger partial charge is 0.329 e. The fraction of sp³-hybridized carbons (Fsp3) is 0.545. The molecule has 1 aromatic rings. The number of rotatable bonds is 6. The highest BCUT2D eigenvalue weighted by molar-refractivity contribution is 5.09. The summed E-state index contributed by atoms with van der Waals surface area (Å²) < 4.78 is 0. The van der Waals surface area contributed by atoms with Crippen molar-refractivity contribution in [3.63, 3.8) is 0 Å². The molecule has 1 unspecified atom stereocenters. The molecule has 84 valence electrons. The van der Waals surface area contributed by atoms with E-state index in [0.717, 1.165) is 19.5 Å². The summed E-state index contributed by atoms with van der Waals surface area (Å²) in [6.07, 6.45) is 4.66. The number of aromatic nitrogens is 1. The Hall–Kier alpha value is -0.970. The topological polar surface area (TPSA) is 68.2 Å². The third-order valence-corrected chi connectivity index (χ3v) is 2.38. The second kappa shape index (κ2) is 6.50. The van der Waals surface area contributed by atoms with E-state index in [-0.39, 0.29) is 6.04 Å². The molecule has 0 saturated heterocycles. The van der Waals surface area contributed by atoms with Crippen LogP contribution in [0.4, 0.5) is 0 Å². The molecular formula is C11H20N4. The summed E-state index contributed by atoms with van der Waals surface area (Å²) in [7, 11) is 2.07. The fourth-order valence-electron chi connectivity index (χ4n) is 1.44. The van der Waals surface area contributed by atoms with Crippen molar-refractivity contribution >= 4 is 0 Å². The van der Waals surface area contributed by atoms with E-state index in [1.165, 1.54) is 5.56 Å². The first-order chi connectivity index (χ1) is 7.22. The summed E-state index contributed by atoms with van der Waals surface area (Å²) in [5.74, 6) is 0. The minimum atomic E-state index is 0.0763. The summed E-state index contributed by atoms with van der Waals surface area (Å²) in [4.78, 5) is 6.19. The van der Waals surface area contributed by atoms with Crippen molar-refractivity contribution in [1.82, 2.24) is 9.88 Å². The molecule has 0 aliphatic rings. The van der Waals surface area contributed by atoms with Crippen LogP contribution in [-0.4, -0.2) is 42.6 Å². The standard InChI is InChI=1S/C11H20N4/c1-15(9-11(13)8-12)7-4-10-2-5-14-6-3-10/h2-3,5-6,11H,4,7-9,12-13H2,1H3. The molecular weight excluding hydrogens is 188 g/mol. The SMILES string of the molecule is CN(CCc1ccncc1)CC(N)CN. The molecule has 15 heavy (non-hydrogen) atoms. The molecule has 0 fully saturated rings. The van der Waals surface area contributed by atoms with Crippen molar-refractivity contribution in [3.05, 3.63) is 30.1 Å². The molecule has 0 amide bonds.